The topological polar surface area (TPSA) is 80.6 Å². The molecule has 1 atom stereocenters. The van der Waals surface area contributed by atoms with Gasteiger partial charge in [-0.2, -0.15) is 0 Å². The van der Waals surface area contributed by atoms with Crippen LogP contribution in [0.2, 0.25) is 0 Å². The summed E-state index contributed by atoms with van der Waals surface area (Å²) in [6, 6.07) is 2.08. The van der Waals surface area contributed by atoms with Crippen LogP contribution in [0.5, 0.6) is 0 Å². The first-order valence-electron chi connectivity index (χ1n) is 11.7. The summed E-state index contributed by atoms with van der Waals surface area (Å²) < 4.78 is 1.92. The van der Waals surface area contributed by atoms with Crippen LogP contribution in [0.15, 0.2) is 26.2 Å². The number of aromatic nitrogens is 4. The Morgan fingerprint density at radius 2 is 2.00 bits per heavy atom. The van der Waals surface area contributed by atoms with Crippen molar-refractivity contribution in [1.29, 1.82) is 0 Å². The van der Waals surface area contributed by atoms with E-state index in [-0.39, 0.29) is 17.2 Å². The van der Waals surface area contributed by atoms with Crippen molar-refractivity contribution in [1.82, 2.24) is 19.5 Å². The molecule has 9 heteroatoms. The average molecular weight is 499 g/mol. The maximum Gasteiger partial charge on any atom is 0.263 e. The maximum absolute atomic E-state index is 13.3. The highest BCUT2D eigenvalue weighted by atomic mass is 32.2. The van der Waals surface area contributed by atoms with Crippen molar-refractivity contribution >= 4 is 54.9 Å². The van der Waals surface area contributed by atoms with E-state index in [2.05, 4.69) is 11.9 Å². The van der Waals surface area contributed by atoms with Gasteiger partial charge in [-0.05, 0) is 55.0 Å². The summed E-state index contributed by atoms with van der Waals surface area (Å²) in [5.41, 5.74) is 1.23. The van der Waals surface area contributed by atoms with Gasteiger partial charge in [0, 0.05) is 10.9 Å². The molecule has 2 aliphatic carbocycles. The highest BCUT2D eigenvalue weighted by Gasteiger charge is 2.24. The van der Waals surface area contributed by atoms with Crippen molar-refractivity contribution in [3.8, 4) is 0 Å². The summed E-state index contributed by atoms with van der Waals surface area (Å²) in [6.45, 7) is 2.27. The first-order chi connectivity index (χ1) is 16.1. The molecule has 6 nitrogen and oxygen atoms in total. The Morgan fingerprint density at radius 3 is 2.85 bits per heavy atom. The molecule has 0 bridgehead atoms. The smallest absolute Gasteiger partial charge is 0.263 e. The van der Waals surface area contributed by atoms with Gasteiger partial charge in [0.2, 0.25) is 0 Å². The maximum atomic E-state index is 13.3. The van der Waals surface area contributed by atoms with E-state index in [1.165, 1.54) is 40.0 Å². The summed E-state index contributed by atoms with van der Waals surface area (Å²) in [7, 11) is 0. The largest absolute Gasteiger partial charge is 0.309 e. The van der Waals surface area contributed by atoms with E-state index in [9.17, 15) is 9.59 Å². The Balaban J connectivity index is 1.35. The molecule has 0 radical (unpaired) electrons. The molecular formula is C24H26N4O2S3. The molecule has 4 aromatic heterocycles. The number of rotatable bonds is 4. The fourth-order valence-electron chi connectivity index (χ4n) is 5.27. The van der Waals surface area contributed by atoms with Gasteiger partial charge in [0.05, 0.1) is 16.5 Å². The van der Waals surface area contributed by atoms with Crippen molar-refractivity contribution in [2.24, 2.45) is 5.92 Å². The van der Waals surface area contributed by atoms with Gasteiger partial charge in [0.25, 0.3) is 11.1 Å². The van der Waals surface area contributed by atoms with E-state index in [1.54, 1.807) is 11.3 Å². The summed E-state index contributed by atoms with van der Waals surface area (Å²) in [5.74, 6) is 1.80. The van der Waals surface area contributed by atoms with Gasteiger partial charge in [0.1, 0.15) is 15.5 Å². The van der Waals surface area contributed by atoms with Crippen LogP contribution in [0.1, 0.15) is 67.8 Å². The molecule has 33 heavy (non-hydrogen) atoms. The summed E-state index contributed by atoms with van der Waals surface area (Å²) in [5, 5.41) is 4.17. The van der Waals surface area contributed by atoms with Gasteiger partial charge in [-0.25, -0.2) is 9.97 Å². The number of aromatic amines is 1. The number of nitrogens with zero attached hydrogens (tertiary/aromatic N) is 3. The Kier molecular flexibility index (Phi) is 5.66. The molecular weight excluding hydrogens is 472 g/mol. The van der Waals surface area contributed by atoms with Gasteiger partial charge >= 0.3 is 0 Å². The predicted octanol–water partition coefficient (Wildman–Crippen LogP) is 5.68. The Labute approximate surface area is 203 Å². The van der Waals surface area contributed by atoms with Gasteiger partial charge in [-0.1, -0.05) is 37.9 Å². The van der Waals surface area contributed by atoms with Crippen molar-refractivity contribution in [3.05, 3.63) is 48.4 Å². The van der Waals surface area contributed by atoms with E-state index in [1.807, 2.05) is 16.0 Å². The molecule has 172 valence electrons. The van der Waals surface area contributed by atoms with Crippen molar-refractivity contribution in [2.75, 3.05) is 0 Å². The number of hydrogen-bond donors (Lipinski definition) is 1. The normalized spacial score (nSPS) is 19.4. The highest BCUT2D eigenvalue weighted by Crippen LogP contribution is 2.36. The van der Waals surface area contributed by atoms with Crippen LogP contribution < -0.4 is 11.1 Å². The quantitative estimate of drug-likeness (QED) is 0.289. The van der Waals surface area contributed by atoms with E-state index >= 15 is 0 Å². The van der Waals surface area contributed by atoms with E-state index in [4.69, 9.17) is 9.97 Å². The second-order valence-corrected chi connectivity index (χ2v) is 12.3. The number of fused-ring (bicyclic) bond motifs is 4. The summed E-state index contributed by atoms with van der Waals surface area (Å²) in [4.78, 5) is 42.0. The van der Waals surface area contributed by atoms with Crippen molar-refractivity contribution in [3.63, 3.8) is 0 Å². The number of aryl methyl sites for hydroxylation is 1. The molecule has 4 heterocycles. The fraction of sp³-hybridized carbons (Fsp3) is 0.500. The minimum absolute atomic E-state index is 0.0333. The number of H-pyrrole nitrogens is 1. The second kappa shape index (κ2) is 8.67. The molecule has 0 unspecified atom stereocenters. The van der Waals surface area contributed by atoms with Crippen LogP contribution in [0, 0.1) is 5.92 Å². The van der Waals surface area contributed by atoms with Gasteiger partial charge < -0.3 is 4.98 Å². The second-order valence-electron chi connectivity index (χ2n) is 9.33. The highest BCUT2D eigenvalue weighted by molar-refractivity contribution is 7.98. The zero-order valence-corrected chi connectivity index (χ0v) is 21.0. The number of nitrogens with one attached hydrogen (secondary N) is 1. The van der Waals surface area contributed by atoms with Crippen molar-refractivity contribution < 1.29 is 0 Å². The Morgan fingerprint density at radius 1 is 1.15 bits per heavy atom. The molecule has 6 rings (SSSR count). The lowest BCUT2D eigenvalue weighted by molar-refractivity contribution is 0.326. The standard InChI is InChI=1S/C24H26N4O2S3/c1-13-7-8-15-17(11-13)33-22-19(15)20(29)25-18(26-22)12-32-24-27-21-16(9-10-31-21)23(30)28(24)14-5-3-2-4-6-14/h9-10,13-14H,2-8,11-12H2,1H3,(H,25,26,29)/t13-/m0/s1. The van der Waals surface area contributed by atoms with Crippen LogP contribution >= 0.6 is 34.4 Å². The SMILES string of the molecule is C[C@H]1CCc2c(sc3nc(CSc4nc5sccc5c(=O)n4C4CCCCC4)[nH]c(=O)c23)C1. The van der Waals surface area contributed by atoms with Crippen LogP contribution in [-0.4, -0.2) is 19.5 Å². The Hall–Kier alpha value is -1.97. The third-order valence-corrected chi connectivity index (χ3v) is 9.91. The predicted molar refractivity (Wildman–Crippen MR) is 137 cm³/mol. The van der Waals surface area contributed by atoms with E-state index < -0.39 is 0 Å². The van der Waals surface area contributed by atoms with E-state index in [0.717, 1.165) is 65.1 Å². The van der Waals surface area contributed by atoms with Crippen molar-refractivity contribution in [2.45, 2.75) is 75.2 Å². The van der Waals surface area contributed by atoms with Gasteiger partial charge in [-0.15, -0.1) is 22.7 Å². The first-order valence-corrected chi connectivity index (χ1v) is 14.4. The Bertz CT molecular complexity index is 1460. The number of hydrogen-bond acceptors (Lipinski definition) is 7. The zero-order valence-electron chi connectivity index (χ0n) is 18.6. The lowest BCUT2D eigenvalue weighted by Crippen LogP contribution is -2.28. The third-order valence-electron chi connectivity index (χ3n) is 6.99. The molecule has 0 amide bonds. The molecule has 0 aliphatic heterocycles. The summed E-state index contributed by atoms with van der Waals surface area (Å²) in [6.07, 6.45) is 8.70. The van der Waals surface area contributed by atoms with Crippen LogP contribution in [-0.2, 0) is 18.6 Å². The molecule has 1 saturated carbocycles. The minimum Gasteiger partial charge on any atom is -0.309 e. The van der Waals surface area contributed by atoms with Crippen LogP contribution in [0.3, 0.4) is 0 Å². The minimum atomic E-state index is -0.0333. The lowest BCUT2D eigenvalue weighted by atomic mass is 9.89. The van der Waals surface area contributed by atoms with Gasteiger partial charge in [-0.3, -0.25) is 14.2 Å². The van der Waals surface area contributed by atoms with Gasteiger partial charge in [0.15, 0.2) is 5.16 Å². The first kappa shape index (κ1) is 21.6. The van der Waals surface area contributed by atoms with Crippen LogP contribution in [0.4, 0.5) is 0 Å². The molecule has 0 aromatic carbocycles. The fourth-order valence-corrected chi connectivity index (χ4v) is 8.41. The molecule has 0 spiro atoms. The summed E-state index contributed by atoms with van der Waals surface area (Å²) >= 11 is 4.69. The van der Waals surface area contributed by atoms with Crippen LogP contribution in [0.25, 0.3) is 20.4 Å². The van der Waals surface area contributed by atoms with E-state index in [0.29, 0.717) is 22.9 Å². The number of thioether (sulfide) groups is 1. The molecule has 0 saturated heterocycles. The molecule has 4 aromatic rings. The molecule has 2 aliphatic rings. The third kappa shape index (κ3) is 3.88. The number of thiophene rings is 2. The monoisotopic (exact) mass is 498 g/mol. The lowest BCUT2D eigenvalue weighted by Gasteiger charge is -2.25. The molecule has 1 N–H and O–H groups in total. The molecule has 1 fully saturated rings. The average Bonchev–Trinajstić information content (AvgIpc) is 3.42. The zero-order chi connectivity index (χ0) is 22.5.